The van der Waals surface area contributed by atoms with E-state index in [1.807, 2.05) is 39.0 Å². The summed E-state index contributed by atoms with van der Waals surface area (Å²) in [7, 11) is 0. The number of carbonyl (C=O) groups excluding carboxylic acids is 1. The Morgan fingerprint density at radius 1 is 1.27 bits per heavy atom. The summed E-state index contributed by atoms with van der Waals surface area (Å²) in [5, 5.41) is 16.2. The summed E-state index contributed by atoms with van der Waals surface area (Å²) in [6, 6.07) is -0.0454. The van der Waals surface area contributed by atoms with Crippen molar-refractivity contribution < 1.29 is 9.90 Å². The molecular weight excluding hydrogens is 410 g/mol. The molecule has 5 nitrogen and oxygen atoms in total. The molecule has 1 aliphatic rings. The van der Waals surface area contributed by atoms with Crippen LogP contribution in [0.4, 0.5) is 4.79 Å². The van der Waals surface area contributed by atoms with Gasteiger partial charge >= 0.3 is 6.03 Å². The van der Waals surface area contributed by atoms with Crippen molar-refractivity contribution in [3.05, 3.63) is 72.5 Å². The number of allylic oxidation sites excluding steroid dienone is 10. The van der Waals surface area contributed by atoms with Crippen molar-refractivity contribution in [2.45, 2.75) is 71.9 Å². The third-order valence-electron chi connectivity index (χ3n) is 5.93. The molecule has 0 aromatic carbocycles. The van der Waals surface area contributed by atoms with Crippen LogP contribution in [0, 0.1) is 5.92 Å². The van der Waals surface area contributed by atoms with Gasteiger partial charge in [-0.25, -0.2) is 4.79 Å². The fraction of sp³-hybridized carbons (Fsp3) is 0.536. The Kier molecular flexibility index (Phi) is 14.9. The zero-order valence-electron chi connectivity index (χ0n) is 21.1. The minimum atomic E-state index is -0.367. The van der Waals surface area contributed by atoms with Crippen LogP contribution in [0.25, 0.3) is 0 Å². The zero-order chi connectivity index (χ0) is 24.5. The van der Waals surface area contributed by atoms with Crippen molar-refractivity contribution in [3.8, 4) is 0 Å². The number of urea groups is 1. The Morgan fingerprint density at radius 2 is 2.06 bits per heavy atom. The van der Waals surface area contributed by atoms with Crippen LogP contribution in [0.15, 0.2) is 72.5 Å². The molecule has 1 rings (SSSR count). The monoisotopic (exact) mass is 455 g/mol. The van der Waals surface area contributed by atoms with Crippen LogP contribution in [0.1, 0.15) is 59.8 Å². The Morgan fingerprint density at radius 3 is 2.70 bits per heavy atom. The molecule has 0 spiro atoms. The maximum atomic E-state index is 12.2. The van der Waals surface area contributed by atoms with E-state index in [9.17, 15) is 9.90 Å². The summed E-state index contributed by atoms with van der Waals surface area (Å²) >= 11 is 0. The number of carbonyl (C=O) groups is 1. The second-order valence-electron chi connectivity index (χ2n) is 8.59. The van der Waals surface area contributed by atoms with Gasteiger partial charge in [0, 0.05) is 24.8 Å². The van der Waals surface area contributed by atoms with Crippen LogP contribution in [0.5, 0.6) is 0 Å². The molecule has 1 aliphatic heterocycles. The second-order valence-corrected chi connectivity index (χ2v) is 8.59. The molecule has 33 heavy (non-hydrogen) atoms. The van der Waals surface area contributed by atoms with Crippen LogP contribution in [0.3, 0.4) is 0 Å². The van der Waals surface area contributed by atoms with E-state index in [1.54, 1.807) is 12.2 Å². The quantitative estimate of drug-likeness (QED) is 0.249. The summed E-state index contributed by atoms with van der Waals surface area (Å²) < 4.78 is 0. The molecule has 184 valence electrons. The van der Waals surface area contributed by atoms with Crippen molar-refractivity contribution in [1.82, 2.24) is 15.5 Å². The van der Waals surface area contributed by atoms with Gasteiger partial charge in [-0.05, 0) is 77.5 Å². The molecule has 1 heterocycles. The van der Waals surface area contributed by atoms with Gasteiger partial charge in [-0.1, -0.05) is 61.6 Å². The fourth-order valence-corrected chi connectivity index (χ4v) is 4.16. The molecule has 1 fully saturated rings. The van der Waals surface area contributed by atoms with Crippen LogP contribution >= 0.6 is 0 Å². The van der Waals surface area contributed by atoms with Crippen molar-refractivity contribution in [3.63, 3.8) is 0 Å². The van der Waals surface area contributed by atoms with Gasteiger partial charge in [0.25, 0.3) is 0 Å². The van der Waals surface area contributed by atoms with E-state index < -0.39 is 0 Å². The van der Waals surface area contributed by atoms with Crippen LogP contribution in [-0.4, -0.2) is 47.8 Å². The number of aliphatic hydroxyl groups is 1. The Balaban J connectivity index is 2.50. The predicted octanol–water partition coefficient (Wildman–Crippen LogP) is 5.64. The average Bonchev–Trinajstić information content (AvgIpc) is 2.80. The molecular formula is C28H45N3O2. The van der Waals surface area contributed by atoms with E-state index in [4.69, 9.17) is 0 Å². The van der Waals surface area contributed by atoms with E-state index in [0.29, 0.717) is 12.5 Å². The number of nitrogens with one attached hydrogen (secondary N) is 2. The SMILES string of the molecule is C=C/C=C(\C=C/CC)NC(=O)NCCCN1CC[C@H](CC(/C=C\C=C/C)=C/C)CC1C(C)O. The highest BCUT2D eigenvalue weighted by Crippen LogP contribution is 2.30. The van der Waals surface area contributed by atoms with Crippen molar-refractivity contribution >= 4 is 6.03 Å². The van der Waals surface area contributed by atoms with E-state index in [-0.39, 0.29) is 18.2 Å². The van der Waals surface area contributed by atoms with Gasteiger partial charge in [0.2, 0.25) is 0 Å². The Hall–Kier alpha value is -2.37. The number of rotatable bonds is 13. The van der Waals surface area contributed by atoms with Gasteiger partial charge in [-0.15, -0.1) is 0 Å². The average molecular weight is 456 g/mol. The van der Waals surface area contributed by atoms with Gasteiger partial charge in [-0.2, -0.15) is 0 Å². The molecule has 3 N–H and O–H groups in total. The highest BCUT2D eigenvalue weighted by atomic mass is 16.3. The number of amides is 2. The zero-order valence-corrected chi connectivity index (χ0v) is 21.1. The normalized spacial score (nSPS) is 21.7. The van der Waals surface area contributed by atoms with E-state index in [2.05, 4.69) is 53.3 Å². The van der Waals surface area contributed by atoms with Crippen LogP contribution in [-0.2, 0) is 0 Å². The second kappa shape index (κ2) is 17.2. The number of likely N-dealkylation sites (tertiary alicyclic amines) is 1. The standard InChI is InChI=1S/C28H45N3O2/c1-6-10-12-15-24(9-4)21-25-17-20-31(27(22-25)23(5)32)19-13-18-29-28(33)30-26(14-8-3)16-11-7-2/h6,8-12,14-16,23,25,27,32H,3,7,13,17-22H2,1-2,4-5H3,(H2,29,30,33)/b10-6-,15-12-,16-11-,24-9+,26-14+/t23?,25-,27?/m1/s1. The minimum absolute atomic E-state index is 0.163. The summed E-state index contributed by atoms with van der Waals surface area (Å²) in [6.07, 6.45) is 22.4. The topological polar surface area (TPSA) is 64.6 Å². The molecule has 3 atom stereocenters. The lowest BCUT2D eigenvalue weighted by Gasteiger charge is -2.41. The molecule has 1 saturated heterocycles. The van der Waals surface area contributed by atoms with Crippen LogP contribution in [0.2, 0.25) is 0 Å². The Bertz CT molecular complexity index is 731. The first-order valence-electron chi connectivity index (χ1n) is 12.4. The van der Waals surface area contributed by atoms with Gasteiger partial charge in [0.05, 0.1) is 6.10 Å². The molecule has 2 amide bonds. The van der Waals surface area contributed by atoms with E-state index in [1.165, 1.54) is 5.57 Å². The molecule has 0 radical (unpaired) electrons. The third-order valence-corrected chi connectivity index (χ3v) is 5.93. The predicted molar refractivity (Wildman–Crippen MR) is 141 cm³/mol. The molecule has 5 heteroatoms. The number of hydrogen-bond acceptors (Lipinski definition) is 3. The number of hydrogen-bond donors (Lipinski definition) is 3. The first kappa shape index (κ1) is 28.7. The maximum absolute atomic E-state index is 12.2. The minimum Gasteiger partial charge on any atom is -0.392 e. The molecule has 0 aromatic heterocycles. The van der Waals surface area contributed by atoms with Crippen molar-refractivity contribution in [2.75, 3.05) is 19.6 Å². The van der Waals surface area contributed by atoms with Crippen molar-refractivity contribution in [1.29, 1.82) is 0 Å². The first-order valence-corrected chi connectivity index (χ1v) is 12.4. The molecule has 2 unspecified atom stereocenters. The lowest BCUT2D eigenvalue weighted by atomic mass is 9.84. The van der Waals surface area contributed by atoms with E-state index in [0.717, 1.165) is 50.9 Å². The van der Waals surface area contributed by atoms with Crippen LogP contribution < -0.4 is 10.6 Å². The smallest absolute Gasteiger partial charge is 0.319 e. The van der Waals surface area contributed by atoms with Gasteiger partial charge < -0.3 is 15.7 Å². The molecule has 0 aromatic rings. The summed E-state index contributed by atoms with van der Waals surface area (Å²) in [5.41, 5.74) is 2.08. The number of nitrogens with zero attached hydrogens (tertiary/aromatic N) is 1. The summed E-state index contributed by atoms with van der Waals surface area (Å²) in [4.78, 5) is 14.6. The van der Waals surface area contributed by atoms with Gasteiger partial charge in [0.1, 0.15) is 0 Å². The van der Waals surface area contributed by atoms with E-state index >= 15 is 0 Å². The highest BCUT2D eigenvalue weighted by molar-refractivity contribution is 5.76. The largest absolute Gasteiger partial charge is 0.392 e. The molecule has 0 aliphatic carbocycles. The molecule has 0 saturated carbocycles. The summed E-state index contributed by atoms with van der Waals surface area (Å²) in [5.74, 6) is 0.581. The number of piperidine rings is 1. The lowest BCUT2D eigenvalue weighted by Crippen LogP contribution is -2.49. The third kappa shape index (κ3) is 11.9. The van der Waals surface area contributed by atoms with Gasteiger partial charge in [-0.3, -0.25) is 4.90 Å². The molecule has 0 bridgehead atoms. The summed E-state index contributed by atoms with van der Waals surface area (Å²) in [6.45, 7) is 14.2. The fourth-order valence-electron chi connectivity index (χ4n) is 4.16. The highest BCUT2D eigenvalue weighted by Gasteiger charge is 2.31. The van der Waals surface area contributed by atoms with Gasteiger partial charge in [0.15, 0.2) is 0 Å². The lowest BCUT2D eigenvalue weighted by molar-refractivity contribution is 0.0178. The van der Waals surface area contributed by atoms with Crippen molar-refractivity contribution in [2.24, 2.45) is 5.92 Å². The number of aliphatic hydroxyl groups excluding tert-OH is 1. The first-order chi connectivity index (χ1) is 15.9. The Labute approximate surface area is 201 Å². The maximum Gasteiger partial charge on any atom is 0.319 e.